The summed E-state index contributed by atoms with van der Waals surface area (Å²) < 4.78 is 0. The highest BCUT2D eigenvalue weighted by Gasteiger charge is 2.30. The fourth-order valence-electron chi connectivity index (χ4n) is 1.54. The lowest BCUT2D eigenvalue weighted by molar-refractivity contribution is -0.131. The van der Waals surface area contributed by atoms with Crippen LogP contribution in [0.3, 0.4) is 0 Å². The van der Waals surface area contributed by atoms with Gasteiger partial charge in [0.2, 0.25) is 5.91 Å². The summed E-state index contributed by atoms with van der Waals surface area (Å²) in [6, 6.07) is 0. The van der Waals surface area contributed by atoms with Gasteiger partial charge in [0.05, 0.1) is 6.17 Å². The predicted molar refractivity (Wildman–Crippen MR) is 37.4 cm³/mol. The van der Waals surface area contributed by atoms with Crippen molar-refractivity contribution in [1.29, 1.82) is 0 Å². The molecule has 0 bridgehead atoms. The zero-order valence-electron chi connectivity index (χ0n) is 5.97. The summed E-state index contributed by atoms with van der Waals surface area (Å²) in [6.07, 6.45) is 3.34. The summed E-state index contributed by atoms with van der Waals surface area (Å²) in [7, 11) is 0. The van der Waals surface area contributed by atoms with E-state index in [-0.39, 0.29) is 0 Å². The molecule has 3 heteroatoms. The molecule has 0 spiro atoms. The molecule has 2 rings (SSSR count). The molecule has 1 N–H and O–H groups in total. The van der Waals surface area contributed by atoms with E-state index in [2.05, 4.69) is 5.32 Å². The molecule has 1 unspecified atom stereocenters. The minimum Gasteiger partial charge on any atom is -0.327 e. The molecule has 1 amide bonds. The van der Waals surface area contributed by atoms with E-state index in [1.54, 1.807) is 0 Å². The number of likely N-dealkylation sites (tertiary alicyclic amines) is 1. The van der Waals surface area contributed by atoms with Gasteiger partial charge >= 0.3 is 0 Å². The van der Waals surface area contributed by atoms with Gasteiger partial charge in [-0.05, 0) is 12.8 Å². The van der Waals surface area contributed by atoms with Crippen molar-refractivity contribution >= 4 is 5.91 Å². The molecule has 3 nitrogen and oxygen atoms in total. The first-order valence-corrected chi connectivity index (χ1v) is 3.91. The van der Waals surface area contributed by atoms with Crippen LogP contribution in [-0.2, 0) is 4.79 Å². The van der Waals surface area contributed by atoms with E-state index in [4.69, 9.17) is 0 Å². The van der Waals surface area contributed by atoms with Crippen LogP contribution in [0.5, 0.6) is 0 Å². The van der Waals surface area contributed by atoms with Gasteiger partial charge in [0.15, 0.2) is 0 Å². The van der Waals surface area contributed by atoms with Crippen molar-refractivity contribution in [1.82, 2.24) is 10.2 Å². The Morgan fingerprint density at radius 3 is 2.80 bits per heavy atom. The first-order chi connectivity index (χ1) is 4.88. The number of nitrogens with one attached hydrogen (secondary N) is 1. The highest BCUT2D eigenvalue weighted by atomic mass is 16.2. The zero-order chi connectivity index (χ0) is 6.97. The minimum absolute atomic E-state index is 0.331. The summed E-state index contributed by atoms with van der Waals surface area (Å²) in [4.78, 5) is 13.1. The first-order valence-electron chi connectivity index (χ1n) is 3.91. The molecule has 0 saturated carbocycles. The number of hydrogen-bond acceptors (Lipinski definition) is 2. The first kappa shape index (κ1) is 6.16. The van der Waals surface area contributed by atoms with Gasteiger partial charge in [-0.25, -0.2) is 0 Å². The highest BCUT2D eigenvalue weighted by molar-refractivity contribution is 5.78. The molecule has 0 aromatic heterocycles. The Labute approximate surface area is 60.4 Å². The van der Waals surface area contributed by atoms with Crippen LogP contribution in [0.4, 0.5) is 0 Å². The molecule has 0 aliphatic carbocycles. The smallest absolute Gasteiger partial charge is 0.223 e. The molecule has 2 aliphatic rings. The van der Waals surface area contributed by atoms with Gasteiger partial charge < -0.3 is 4.90 Å². The molecular weight excluding hydrogens is 128 g/mol. The van der Waals surface area contributed by atoms with Crippen LogP contribution in [0.1, 0.15) is 19.3 Å². The van der Waals surface area contributed by atoms with Crippen LogP contribution in [0.2, 0.25) is 0 Å². The monoisotopic (exact) mass is 140 g/mol. The van der Waals surface area contributed by atoms with E-state index < -0.39 is 0 Å². The maximum Gasteiger partial charge on any atom is 0.223 e. The maximum atomic E-state index is 11.1. The van der Waals surface area contributed by atoms with Gasteiger partial charge in [-0.3, -0.25) is 10.1 Å². The second kappa shape index (κ2) is 2.23. The lowest BCUT2D eigenvalue weighted by atomic mass is 10.2. The Kier molecular flexibility index (Phi) is 1.38. The van der Waals surface area contributed by atoms with E-state index in [0.717, 1.165) is 32.4 Å². The van der Waals surface area contributed by atoms with Crippen LogP contribution < -0.4 is 5.32 Å². The zero-order valence-corrected chi connectivity index (χ0v) is 5.97. The topological polar surface area (TPSA) is 32.3 Å². The molecule has 56 valence electrons. The van der Waals surface area contributed by atoms with Gasteiger partial charge in [-0.1, -0.05) is 0 Å². The third-order valence-electron chi connectivity index (χ3n) is 2.28. The Hall–Kier alpha value is -0.570. The summed E-state index contributed by atoms with van der Waals surface area (Å²) in [5, 5.41) is 3.22. The second-order valence-electron chi connectivity index (χ2n) is 2.95. The van der Waals surface area contributed by atoms with Crippen molar-refractivity contribution < 1.29 is 4.79 Å². The number of rotatable bonds is 1. The van der Waals surface area contributed by atoms with Crippen molar-refractivity contribution in [3.63, 3.8) is 0 Å². The SMILES string of the molecule is O=C1CCCN1C1CCN1. The number of hydrogen-bond donors (Lipinski definition) is 1. The van der Waals surface area contributed by atoms with Crippen LogP contribution >= 0.6 is 0 Å². The Bertz CT molecular complexity index is 154. The normalized spacial score (nSPS) is 32.6. The molecular formula is C7H12N2O. The maximum absolute atomic E-state index is 11.1. The lowest BCUT2D eigenvalue weighted by Gasteiger charge is -2.35. The van der Waals surface area contributed by atoms with Crippen molar-refractivity contribution in [2.24, 2.45) is 0 Å². The van der Waals surface area contributed by atoms with Crippen molar-refractivity contribution in [3.8, 4) is 0 Å². The van der Waals surface area contributed by atoms with E-state index in [9.17, 15) is 4.79 Å². The summed E-state index contributed by atoms with van der Waals surface area (Å²) in [6.45, 7) is 2.05. The van der Waals surface area contributed by atoms with Crippen LogP contribution in [0.25, 0.3) is 0 Å². The number of nitrogens with zero attached hydrogens (tertiary/aromatic N) is 1. The van der Waals surface area contributed by atoms with Gasteiger partial charge in [-0.2, -0.15) is 0 Å². The Balaban J connectivity index is 1.96. The number of carbonyl (C=O) groups excluding carboxylic acids is 1. The third kappa shape index (κ3) is 0.814. The van der Waals surface area contributed by atoms with Crippen LogP contribution in [0.15, 0.2) is 0 Å². The summed E-state index contributed by atoms with van der Waals surface area (Å²) in [5.74, 6) is 0.331. The van der Waals surface area contributed by atoms with Crippen LogP contribution in [-0.4, -0.2) is 30.1 Å². The Morgan fingerprint density at radius 1 is 1.60 bits per heavy atom. The van der Waals surface area contributed by atoms with E-state index >= 15 is 0 Å². The molecule has 2 aliphatic heterocycles. The van der Waals surface area contributed by atoms with Gasteiger partial charge in [-0.15, -0.1) is 0 Å². The van der Waals surface area contributed by atoms with Crippen molar-refractivity contribution in [2.75, 3.05) is 13.1 Å². The molecule has 10 heavy (non-hydrogen) atoms. The summed E-state index contributed by atoms with van der Waals surface area (Å²) >= 11 is 0. The highest BCUT2D eigenvalue weighted by Crippen LogP contribution is 2.17. The molecule has 1 atom stereocenters. The second-order valence-corrected chi connectivity index (χ2v) is 2.95. The summed E-state index contributed by atoms with van der Waals surface area (Å²) in [5.41, 5.74) is 0. The standard InChI is InChI=1S/C7H12N2O/c10-7-2-1-5-9(7)6-3-4-8-6/h6,8H,1-5H2. The molecule has 0 aromatic carbocycles. The van der Waals surface area contributed by atoms with E-state index in [1.807, 2.05) is 4.90 Å². The third-order valence-corrected chi connectivity index (χ3v) is 2.28. The fourth-order valence-corrected chi connectivity index (χ4v) is 1.54. The van der Waals surface area contributed by atoms with Crippen molar-refractivity contribution in [2.45, 2.75) is 25.4 Å². The quantitative estimate of drug-likeness (QED) is 0.553. The van der Waals surface area contributed by atoms with Crippen LogP contribution in [0, 0.1) is 0 Å². The molecule has 2 saturated heterocycles. The van der Waals surface area contributed by atoms with Gasteiger partial charge in [0.1, 0.15) is 0 Å². The van der Waals surface area contributed by atoms with Gasteiger partial charge in [0, 0.05) is 19.5 Å². The van der Waals surface area contributed by atoms with Crippen molar-refractivity contribution in [3.05, 3.63) is 0 Å². The predicted octanol–water partition coefficient (Wildman–Crippen LogP) is -0.0718. The molecule has 0 aromatic rings. The van der Waals surface area contributed by atoms with Gasteiger partial charge in [0.25, 0.3) is 0 Å². The largest absolute Gasteiger partial charge is 0.327 e. The molecule has 0 radical (unpaired) electrons. The minimum atomic E-state index is 0.331. The lowest BCUT2D eigenvalue weighted by Crippen LogP contribution is -2.55. The fraction of sp³-hybridized carbons (Fsp3) is 0.857. The average molecular weight is 140 g/mol. The Morgan fingerprint density at radius 2 is 2.40 bits per heavy atom. The molecule has 2 heterocycles. The van der Waals surface area contributed by atoms with E-state index in [1.165, 1.54) is 0 Å². The molecule has 2 fully saturated rings. The average Bonchev–Trinajstić information content (AvgIpc) is 2.12. The number of amides is 1. The van der Waals surface area contributed by atoms with E-state index in [0.29, 0.717) is 12.1 Å². The number of carbonyl (C=O) groups is 1.